The van der Waals surface area contributed by atoms with Crippen molar-refractivity contribution >= 4 is 5.69 Å². The molecule has 0 spiro atoms. The topological polar surface area (TPSA) is 52.0 Å². The zero-order valence-electron chi connectivity index (χ0n) is 9.20. The normalized spacial score (nSPS) is 9.67. The average Bonchev–Trinajstić information content (AvgIpc) is 2.29. The summed E-state index contributed by atoms with van der Waals surface area (Å²) < 4.78 is 0. The number of nitrogens with one attached hydrogen (secondary N) is 1. The van der Waals surface area contributed by atoms with Crippen LogP contribution in [0, 0.1) is 11.3 Å². The lowest BCUT2D eigenvalue weighted by molar-refractivity contribution is 0.712. The molecular weight excluding hydrogens is 188 g/mol. The highest BCUT2D eigenvalue weighted by atomic mass is 15.1. The molecule has 0 aliphatic carbocycles. The average molecular weight is 204 g/mol. The molecule has 0 aliphatic heterocycles. The minimum absolute atomic E-state index is 0.466. The van der Waals surface area contributed by atoms with E-state index in [9.17, 15) is 0 Å². The van der Waals surface area contributed by atoms with Crippen LogP contribution in [-0.4, -0.2) is 32.2 Å². The Hall–Kier alpha value is -1.60. The second-order valence-electron chi connectivity index (χ2n) is 3.39. The summed E-state index contributed by atoms with van der Waals surface area (Å²) in [5.74, 6) is 0. The summed E-state index contributed by atoms with van der Waals surface area (Å²) in [5.41, 5.74) is 1.51. The van der Waals surface area contributed by atoms with E-state index in [-0.39, 0.29) is 0 Å². The second kappa shape index (κ2) is 5.99. The molecule has 0 aromatic carbocycles. The predicted molar refractivity (Wildman–Crippen MR) is 60.8 cm³/mol. The number of rotatable bonds is 5. The van der Waals surface area contributed by atoms with E-state index >= 15 is 0 Å². The zero-order chi connectivity index (χ0) is 11.1. The van der Waals surface area contributed by atoms with Crippen LogP contribution >= 0.6 is 0 Å². The molecule has 0 saturated carbocycles. The number of hydrogen-bond donors (Lipinski definition) is 1. The van der Waals surface area contributed by atoms with Crippen molar-refractivity contribution in [3.8, 4) is 6.07 Å². The minimum atomic E-state index is 0.466. The Balaban J connectivity index is 2.57. The van der Waals surface area contributed by atoms with Crippen LogP contribution < -0.4 is 10.2 Å². The maximum absolute atomic E-state index is 8.72. The first kappa shape index (κ1) is 11.5. The highest BCUT2D eigenvalue weighted by molar-refractivity contribution is 5.47. The van der Waals surface area contributed by atoms with E-state index in [1.807, 2.05) is 26.2 Å². The van der Waals surface area contributed by atoms with Gasteiger partial charge in [-0.05, 0) is 32.1 Å². The van der Waals surface area contributed by atoms with Gasteiger partial charge in [0.15, 0.2) is 0 Å². The minimum Gasteiger partial charge on any atom is -0.374 e. The molecule has 1 N–H and O–H groups in total. The molecule has 1 heterocycles. The Labute approximate surface area is 90.5 Å². The van der Waals surface area contributed by atoms with E-state index in [1.54, 1.807) is 12.3 Å². The maximum atomic E-state index is 8.72. The van der Waals surface area contributed by atoms with E-state index in [1.165, 1.54) is 0 Å². The third kappa shape index (κ3) is 3.56. The largest absolute Gasteiger partial charge is 0.374 e. The summed E-state index contributed by atoms with van der Waals surface area (Å²) in [6.45, 7) is 1.97. The first-order valence-electron chi connectivity index (χ1n) is 5.00. The Morgan fingerprint density at radius 1 is 1.60 bits per heavy atom. The summed E-state index contributed by atoms with van der Waals surface area (Å²) in [6, 6.07) is 5.76. The first-order chi connectivity index (χ1) is 7.27. The van der Waals surface area contributed by atoms with E-state index in [4.69, 9.17) is 5.26 Å². The molecule has 80 valence electrons. The fourth-order valence-electron chi connectivity index (χ4n) is 1.34. The van der Waals surface area contributed by atoms with Gasteiger partial charge in [0.1, 0.15) is 11.8 Å². The molecule has 1 aromatic heterocycles. The third-order valence-electron chi connectivity index (χ3n) is 2.22. The molecule has 4 heteroatoms. The summed E-state index contributed by atoms with van der Waals surface area (Å²) in [4.78, 5) is 6.06. The van der Waals surface area contributed by atoms with Gasteiger partial charge >= 0.3 is 0 Å². The standard InChI is InChI=1S/C11H16N4/c1-13-5-3-7-15(2)11-4-6-14-10(8-11)9-12/h4,6,8,13H,3,5,7H2,1-2H3. The molecule has 4 nitrogen and oxygen atoms in total. The molecule has 0 aliphatic rings. The van der Waals surface area contributed by atoms with Crippen LogP contribution in [0.15, 0.2) is 18.3 Å². The van der Waals surface area contributed by atoms with Crippen molar-refractivity contribution < 1.29 is 0 Å². The highest BCUT2D eigenvalue weighted by Crippen LogP contribution is 2.12. The number of pyridine rings is 1. The molecular formula is C11H16N4. The summed E-state index contributed by atoms with van der Waals surface area (Å²) in [6.07, 6.45) is 2.75. The Morgan fingerprint density at radius 3 is 3.07 bits per heavy atom. The molecule has 0 fully saturated rings. The van der Waals surface area contributed by atoms with Gasteiger partial charge in [-0.2, -0.15) is 5.26 Å². The van der Waals surface area contributed by atoms with Crippen LogP contribution in [0.3, 0.4) is 0 Å². The fourth-order valence-corrected chi connectivity index (χ4v) is 1.34. The number of nitrogens with zero attached hydrogens (tertiary/aromatic N) is 3. The van der Waals surface area contributed by atoms with Gasteiger partial charge in [-0.15, -0.1) is 0 Å². The van der Waals surface area contributed by atoms with E-state index in [0.717, 1.165) is 25.2 Å². The molecule has 0 amide bonds. The Kier molecular flexibility index (Phi) is 4.58. The maximum Gasteiger partial charge on any atom is 0.142 e. The number of nitriles is 1. The van der Waals surface area contributed by atoms with Gasteiger partial charge in [0.25, 0.3) is 0 Å². The Morgan fingerprint density at radius 2 is 2.40 bits per heavy atom. The van der Waals surface area contributed by atoms with Gasteiger partial charge in [-0.1, -0.05) is 0 Å². The second-order valence-corrected chi connectivity index (χ2v) is 3.39. The van der Waals surface area contributed by atoms with Crippen molar-refractivity contribution in [3.05, 3.63) is 24.0 Å². The lowest BCUT2D eigenvalue weighted by Gasteiger charge is -2.18. The molecule has 0 unspecified atom stereocenters. The van der Waals surface area contributed by atoms with E-state index in [0.29, 0.717) is 5.69 Å². The monoisotopic (exact) mass is 204 g/mol. The smallest absolute Gasteiger partial charge is 0.142 e. The molecule has 15 heavy (non-hydrogen) atoms. The van der Waals surface area contributed by atoms with Crippen molar-refractivity contribution in [2.24, 2.45) is 0 Å². The van der Waals surface area contributed by atoms with Crippen LogP contribution in [0.25, 0.3) is 0 Å². The molecule has 1 aromatic rings. The van der Waals surface area contributed by atoms with Gasteiger partial charge in [0, 0.05) is 25.5 Å². The highest BCUT2D eigenvalue weighted by Gasteiger charge is 2.01. The third-order valence-corrected chi connectivity index (χ3v) is 2.22. The van der Waals surface area contributed by atoms with Gasteiger partial charge in [-0.3, -0.25) is 0 Å². The summed E-state index contributed by atoms with van der Waals surface area (Å²) in [7, 11) is 3.96. The fraction of sp³-hybridized carbons (Fsp3) is 0.455. The summed E-state index contributed by atoms with van der Waals surface area (Å²) >= 11 is 0. The number of aromatic nitrogens is 1. The van der Waals surface area contributed by atoms with Crippen LogP contribution in [0.5, 0.6) is 0 Å². The summed E-state index contributed by atoms with van der Waals surface area (Å²) in [5, 5.41) is 11.8. The quantitative estimate of drug-likeness (QED) is 0.727. The number of anilines is 1. The van der Waals surface area contributed by atoms with E-state index < -0.39 is 0 Å². The van der Waals surface area contributed by atoms with Crippen LogP contribution in [0.2, 0.25) is 0 Å². The van der Waals surface area contributed by atoms with Crippen molar-refractivity contribution in [3.63, 3.8) is 0 Å². The van der Waals surface area contributed by atoms with Gasteiger partial charge < -0.3 is 10.2 Å². The number of hydrogen-bond acceptors (Lipinski definition) is 4. The lowest BCUT2D eigenvalue weighted by Crippen LogP contribution is -2.22. The van der Waals surface area contributed by atoms with E-state index in [2.05, 4.69) is 15.2 Å². The SMILES string of the molecule is CNCCCN(C)c1ccnc(C#N)c1. The molecule has 1 rings (SSSR count). The molecule has 0 atom stereocenters. The van der Waals surface area contributed by atoms with Crippen LogP contribution in [-0.2, 0) is 0 Å². The molecule has 0 bridgehead atoms. The molecule has 0 saturated heterocycles. The lowest BCUT2D eigenvalue weighted by atomic mass is 10.3. The van der Waals surface area contributed by atoms with Crippen molar-refractivity contribution in [1.29, 1.82) is 5.26 Å². The zero-order valence-corrected chi connectivity index (χ0v) is 9.20. The Bertz CT molecular complexity index is 343. The van der Waals surface area contributed by atoms with Crippen molar-refractivity contribution in [1.82, 2.24) is 10.3 Å². The van der Waals surface area contributed by atoms with Crippen molar-refractivity contribution in [2.45, 2.75) is 6.42 Å². The van der Waals surface area contributed by atoms with Gasteiger partial charge in [-0.25, -0.2) is 4.98 Å². The van der Waals surface area contributed by atoms with Crippen molar-refractivity contribution in [2.75, 3.05) is 32.1 Å². The van der Waals surface area contributed by atoms with Gasteiger partial charge in [0.05, 0.1) is 0 Å². The van der Waals surface area contributed by atoms with Crippen LogP contribution in [0.1, 0.15) is 12.1 Å². The molecule has 0 radical (unpaired) electrons. The predicted octanol–water partition coefficient (Wildman–Crippen LogP) is 0.999. The van der Waals surface area contributed by atoms with Crippen LogP contribution in [0.4, 0.5) is 5.69 Å². The first-order valence-corrected chi connectivity index (χ1v) is 5.00. The van der Waals surface area contributed by atoms with Gasteiger partial charge in [0.2, 0.25) is 0 Å².